The van der Waals surface area contributed by atoms with E-state index in [1.807, 2.05) is 19.1 Å². The van der Waals surface area contributed by atoms with Crippen LogP contribution in [0, 0.1) is 0 Å². The van der Waals surface area contributed by atoms with Crippen molar-refractivity contribution in [2.75, 3.05) is 6.61 Å². The molecule has 2 aromatic rings. The normalized spacial score (nSPS) is 14.8. The summed E-state index contributed by atoms with van der Waals surface area (Å²) in [6.07, 6.45) is -0.883. The molecule has 7 heteroatoms. The minimum atomic E-state index is -2.54. The first-order valence-electron chi connectivity index (χ1n) is 7.68. The number of benzene rings is 1. The second-order valence-corrected chi connectivity index (χ2v) is 6.54. The van der Waals surface area contributed by atoms with Crippen molar-refractivity contribution >= 4 is 28.9 Å². The Labute approximate surface area is 154 Å². The number of rotatable bonds is 5. The summed E-state index contributed by atoms with van der Waals surface area (Å²) in [5.41, 5.74) is 3.72. The van der Waals surface area contributed by atoms with Crippen LogP contribution in [0.1, 0.15) is 29.7 Å². The van der Waals surface area contributed by atoms with Gasteiger partial charge in [-0.15, -0.1) is 0 Å². The fraction of sp³-hybridized carbons (Fsp3) is 0.278. The summed E-state index contributed by atoms with van der Waals surface area (Å²) in [6.45, 7) is 6.09. The van der Waals surface area contributed by atoms with Crippen LogP contribution in [-0.2, 0) is 6.54 Å². The molecule has 1 aromatic heterocycles. The van der Waals surface area contributed by atoms with Gasteiger partial charge in [-0.3, -0.25) is 0 Å². The molecule has 0 fully saturated rings. The van der Waals surface area contributed by atoms with Crippen LogP contribution in [-0.4, -0.2) is 22.9 Å². The lowest BCUT2D eigenvalue weighted by atomic mass is 10.1. The van der Waals surface area contributed by atoms with E-state index in [2.05, 4.69) is 16.5 Å². The molecule has 3 rings (SSSR count). The first kappa shape index (κ1) is 18.0. The van der Waals surface area contributed by atoms with Crippen LogP contribution in [0.4, 0.5) is 8.78 Å². The van der Waals surface area contributed by atoms with Crippen LogP contribution in [0.5, 0.6) is 5.75 Å². The van der Waals surface area contributed by atoms with Gasteiger partial charge in [-0.1, -0.05) is 35.8 Å². The van der Waals surface area contributed by atoms with Crippen molar-refractivity contribution in [1.29, 1.82) is 0 Å². The van der Waals surface area contributed by atoms with E-state index >= 15 is 0 Å². The Morgan fingerprint density at radius 2 is 2.08 bits per heavy atom. The Balaban J connectivity index is 1.80. The molecule has 3 nitrogen and oxygen atoms in total. The molecule has 0 bridgehead atoms. The van der Waals surface area contributed by atoms with Gasteiger partial charge in [-0.05, 0) is 30.7 Å². The summed E-state index contributed by atoms with van der Waals surface area (Å²) < 4.78 is 29.5. The van der Waals surface area contributed by atoms with Crippen LogP contribution >= 0.6 is 23.2 Å². The molecule has 1 aliphatic heterocycles. The average Bonchev–Trinajstić information content (AvgIpc) is 2.91. The second kappa shape index (κ2) is 7.18. The van der Waals surface area contributed by atoms with Gasteiger partial charge >= 0.3 is 0 Å². The predicted molar refractivity (Wildman–Crippen MR) is 95.2 cm³/mol. The van der Waals surface area contributed by atoms with E-state index in [4.69, 9.17) is 27.9 Å². The molecular weight excluding hydrogens is 369 g/mol. The van der Waals surface area contributed by atoms with E-state index in [-0.39, 0.29) is 11.8 Å². The fourth-order valence-corrected chi connectivity index (χ4v) is 3.37. The fourth-order valence-electron chi connectivity index (χ4n) is 2.91. The zero-order valence-corrected chi connectivity index (χ0v) is 15.0. The standard InChI is InChI=1S/C18H16Cl2F2N2O/c1-10(12-3-4-16(15(19)7-12)25-9-17(21)22)24-8-14-13(11(24)2)5-6-23-18(14)20/h3-7,10,17H,2,8-9H2,1H3. The lowest BCUT2D eigenvalue weighted by molar-refractivity contribution is 0.0819. The molecule has 1 atom stereocenters. The summed E-state index contributed by atoms with van der Waals surface area (Å²) in [4.78, 5) is 6.21. The van der Waals surface area contributed by atoms with E-state index < -0.39 is 13.0 Å². The number of ether oxygens (including phenoxy) is 1. The maximum absolute atomic E-state index is 12.3. The monoisotopic (exact) mass is 384 g/mol. The molecule has 2 heterocycles. The Morgan fingerprint density at radius 1 is 1.32 bits per heavy atom. The number of fused-ring (bicyclic) bond motifs is 1. The smallest absolute Gasteiger partial charge is 0.272 e. The molecule has 1 aromatic carbocycles. The number of pyridine rings is 1. The van der Waals surface area contributed by atoms with Crippen molar-refractivity contribution < 1.29 is 13.5 Å². The summed E-state index contributed by atoms with van der Waals surface area (Å²) >= 11 is 12.4. The van der Waals surface area contributed by atoms with Crippen LogP contribution in [0.2, 0.25) is 10.2 Å². The van der Waals surface area contributed by atoms with Gasteiger partial charge in [0.05, 0.1) is 11.1 Å². The van der Waals surface area contributed by atoms with Crippen molar-refractivity contribution in [3.63, 3.8) is 0 Å². The van der Waals surface area contributed by atoms with Crippen molar-refractivity contribution in [3.8, 4) is 5.75 Å². The summed E-state index contributed by atoms with van der Waals surface area (Å²) in [5, 5.41) is 0.772. The molecule has 0 radical (unpaired) electrons. The topological polar surface area (TPSA) is 25.4 Å². The van der Waals surface area contributed by atoms with Crippen LogP contribution in [0.3, 0.4) is 0 Å². The third-order valence-corrected chi connectivity index (χ3v) is 4.88. The molecule has 0 N–H and O–H groups in total. The van der Waals surface area contributed by atoms with E-state index in [1.54, 1.807) is 18.3 Å². The molecular formula is C18H16Cl2F2N2O. The van der Waals surface area contributed by atoms with Crippen LogP contribution in [0.25, 0.3) is 5.70 Å². The van der Waals surface area contributed by atoms with Crippen LogP contribution in [0.15, 0.2) is 37.0 Å². The predicted octanol–water partition coefficient (Wildman–Crippen LogP) is 5.58. The van der Waals surface area contributed by atoms with E-state index in [0.717, 1.165) is 22.4 Å². The quantitative estimate of drug-likeness (QED) is 0.629. The Morgan fingerprint density at radius 3 is 2.72 bits per heavy atom. The highest BCUT2D eigenvalue weighted by molar-refractivity contribution is 6.32. The summed E-state index contributed by atoms with van der Waals surface area (Å²) in [5.74, 6) is 0.244. The zero-order chi connectivity index (χ0) is 18.1. The van der Waals surface area contributed by atoms with Gasteiger partial charge in [-0.25, -0.2) is 13.8 Å². The van der Waals surface area contributed by atoms with Crippen molar-refractivity contribution in [2.45, 2.75) is 25.9 Å². The summed E-state index contributed by atoms with van der Waals surface area (Å²) in [6, 6.07) is 7.01. The minimum absolute atomic E-state index is 0.0300. The number of nitrogens with zero attached hydrogens (tertiary/aromatic N) is 2. The molecule has 132 valence electrons. The number of hydrogen-bond donors (Lipinski definition) is 0. The molecule has 0 saturated carbocycles. The lowest BCUT2D eigenvalue weighted by Gasteiger charge is -2.28. The molecule has 0 aliphatic carbocycles. The highest BCUT2D eigenvalue weighted by Gasteiger charge is 2.29. The summed E-state index contributed by atoms with van der Waals surface area (Å²) in [7, 11) is 0. The number of hydrogen-bond acceptors (Lipinski definition) is 3. The second-order valence-electron chi connectivity index (χ2n) is 5.77. The third-order valence-electron chi connectivity index (χ3n) is 4.26. The number of aromatic nitrogens is 1. The number of alkyl halides is 2. The molecule has 1 aliphatic rings. The first-order chi connectivity index (χ1) is 11.9. The van der Waals surface area contributed by atoms with Gasteiger partial charge in [-0.2, -0.15) is 0 Å². The zero-order valence-electron chi connectivity index (χ0n) is 13.5. The van der Waals surface area contributed by atoms with Gasteiger partial charge < -0.3 is 9.64 Å². The number of halogens is 4. The average molecular weight is 385 g/mol. The van der Waals surface area contributed by atoms with Gasteiger partial charge in [0.1, 0.15) is 17.5 Å². The van der Waals surface area contributed by atoms with Gasteiger partial charge in [0.2, 0.25) is 0 Å². The lowest BCUT2D eigenvalue weighted by Crippen LogP contribution is -2.19. The van der Waals surface area contributed by atoms with Crippen molar-refractivity contribution in [3.05, 3.63) is 63.9 Å². The third kappa shape index (κ3) is 3.58. The van der Waals surface area contributed by atoms with Gasteiger partial charge in [0.15, 0.2) is 0 Å². The maximum Gasteiger partial charge on any atom is 0.272 e. The highest BCUT2D eigenvalue weighted by Crippen LogP contribution is 2.41. The Kier molecular flexibility index (Phi) is 5.16. The Bertz CT molecular complexity index is 814. The maximum atomic E-state index is 12.3. The molecule has 0 spiro atoms. The highest BCUT2D eigenvalue weighted by atomic mass is 35.5. The Hall–Kier alpha value is -1.85. The molecule has 0 saturated heterocycles. The molecule has 25 heavy (non-hydrogen) atoms. The van der Waals surface area contributed by atoms with Gasteiger partial charge in [0.25, 0.3) is 6.43 Å². The first-order valence-corrected chi connectivity index (χ1v) is 8.43. The minimum Gasteiger partial charge on any atom is -0.486 e. The molecule has 1 unspecified atom stereocenters. The van der Waals surface area contributed by atoms with Gasteiger partial charge in [0, 0.05) is 29.6 Å². The van der Waals surface area contributed by atoms with E-state index in [0.29, 0.717) is 16.7 Å². The van der Waals surface area contributed by atoms with Crippen LogP contribution < -0.4 is 4.74 Å². The SMILES string of the molecule is C=C1c2ccnc(Cl)c2CN1C(C)c1ccc(OCC(F)F)c(Cl)c1. The van der Waals surface area contributed by atoms with Crippen molar-refractivity contribution in [1.82, 2.24) is 9.88 Å². The van der Waals surface area contributed by atoms with E-state index in [9.17, 15) is 8.78 Å². The van der Waals surface area contributed by atoms with Crippen molar-refractivity contribution in [2.24, 2.45) is 0 Å². The largest absolute Gasteiger partial charge is 0.486 e. The molecule has 0 amide bonds. The van der Waals surface area contributed by atoms with E-state index in [1.165, 1.54) is 0 Å².